The van der Waals surface area contributed by atoms with Crippen molar-refractivity contribution in [2.24, 2.45) is 5.92 Å². The maximum Gasteiger partial charge on any atom is 0.248 e. The van der Waals surface area contributed by atoms with E-state index in [9.17, 15) is 9.59 Å². The Labute approximate surface area is 166 Å². The summed E-state index contributed by atoms with van der Waals surface area (Å²) in [6.07, 6.45) is 4.08. The van der Waals surface area contributed by atoms with E-state index in [0.29, 0.717) is 45.2 Å². The Balaban J connectivity index is 1.59. The third-order valence-electron chi connectivity index (χ3n) is 6.27. The van der Waals surface area contributed by atoms with E-state index in [-0.39, 0.29) is 11.8 Å². The first-order chi connectivity index (χ1) is 13.6. The van der Waals surface area contributed by atoms with Crippen molar-refractivity contribution in [3.63, 3.8) is 0 Å². The van der Waals surface area contributed by atoms with Crippen LogP contribution in [-0.2, 0) is 25.5 Å². The molecule has 0 aromatic heterocycles. The topological polar surface area (TPSA) is 59.1 Å². The van der Waals surface area contributed by atoms with Crippen LogP contribution in [0.15, 0.2) is 30.3 Å². The van der Waals surface area contributed by atoms with Crippen LogP contribution in [0.3, 0.4) is 0 Å². The molecule has 152 valence electrons. The van der Waals surface area contributed by atoms with Gasteiger partial charge in [-0.15, -0.1) is 0 Å². The number of rotatable bonds is 3. The van der Waals surface area contributed by atoms with Crippen molar-refractivity contribution in [2.45, 2.75) is 50.8 Å². The molecule has 6 heteroatoms. The van der Waals surface area contributed by atoms with Crippen LogP contribution < -0.4 is 0 Å². The highest BCUT2D eigenvalue weighted by molar-refractivity contribution is 5.89. The van der Waals surface area contributed by atoms with Crippen LogP contribution in [0.2, 0.25) is 0 Å². The molecule has 1 aromatic rings. The van der Waals surface area contributed by atoms with Gasteiger partial charge in [0, 0.05) is 13.1 Å². The molecule has 0 radical (unpaired) electrons. The van der Waals surface area contributed by atoms with Crippen molar-refractivity contribution in [2.75, 3.05) is 32.9 Å². The van der Waals surface area contributed by atoms with E-state index < -0.39 is 11.8 Å². The Hall–Kier alpha value is -1.92. The summed E-state index contributed by atoms with van der Waals surface area (Å²) in [4.78, 5) is 30.4. The van der Waals surface area contributed by atoms with E-state index in [1.807, 2.05) is 40.1 Å². The number of ether oxygens (including phenoxy) is 2. The van der Waals surface area contributed by atoms with Gasteiger partial charge in [0.25, 0.3) is 0 Å². The highest BCUT2D eigenvalue weighted by atomic mass is 16.5. The molecule has 1 aromatic carbocycles. The third-order valence-corrected chi connectivity index (χ3v) is 6.27. The lowest BCUT2D eigenvalue weighted by molar-refractivity contribution is -0.164. The van der Waals surface area contributed by atoms with Gasteiger partial charge >= 0.3 is 0 Å². The molecule has 2 saturated heterocycles. The Kier molecular flexibility index (Phi) is 5.69. The van der Waals surface area contributed by atoms with E-state index in [1.54, 1.807) is 0 Å². The molecule has 2 aliphatic heterocycles. The first kappa shape index (κ1) is 19.4. The van der Waals surface area contributed by atoms with Gasteiger partial charge in [0.05, 0.1) is 26.2 Å². The number of carbonyl (C=O) groups excluding carboxylic acids is 2. The maximum absolute atomic E-state index is 13.4. The minimum Gasteiger partial charge on any atom is -0.378 e. The second-order valence-electron chi connectivity index (χ2n) is 8.34. The number of carbonyl (C=O) groups is 2. The first-order valence-corrected chi connectivity index (χ1v) is 10.5. The molecule has 2 heterocycles. The molecule has 3 fully saturated rings. The van der Waals surface area contributed by atoms with Crippen molar-refractivity contribution in [1.82, 2.24) is 9.80 Å². The largest absolute Gasteiger partial charge is 0.378 e. The number of hydrogen-bond acceptors (Lipinski definition) is 4. The van der Waals surface area contributed by atoms with Crippen molar-refractivity contribution >= 4 is 11.8 Å². The van der Waals surface area contributed by atoms with Gasteiger partial charge in [0.15, 0.2) is 0 Å². The quantitative estimate of drug-likeness (QED) is 0.799. The SMILES string of the molecule is C[C@@H]1CCC[C@@]2(C1)OC[C@@H](C(=O)N1CCOCC1)N2C(=O)Cc1ccccc1. The van der Waals surface area contributed by atoms with Gasteiger partial charge in [-0.2, -0.15) is 0 Å². The molecule has 0 N–H and O–H groups in total. The summed E-state index contributed by atoms with van der Waals surface area (Å²) < 4.78 is 11.7. The molecular formula is C22H30N2O4. The molecule has 1 aliphatic carbocycles. The molecule has 4 rings (SSSR count). The molecule has 3 atom stereocenters. The molecule has 1 spiro atoms. The van der Waals surface area contributed by atoms with Crippen molar-refractivity contribution < 1.29 is 19.1 Å². The summed E-state index contributed by atoms with van der Waals surface area (Å²) in [6.45, 7) is 4.78. The van der Waals surface area contributed by atoms with Gasteiger partial charge in [0.1, 0.15) is 11.8 Å². The van der Waals surface area contributed by atoms with Gasteiger partial charge in [-0.3, -0.25) is 14.5 Å². The van der Waals surface area contributed by atoms with E-state index in [4.69, 9.17) is 9.47 Å². The summed E-state index contributed by atoms with van der Waals surface area (Å²) in [6, 6.07) is 9.23. The van der Waals surface area contributed by atoms with E-state index in [1.165, 1.54) is 0 Å². The highest BCUT2D eigenvalue weighted by Crippen LogP contribution is 2.43. The average Bonchev–Trinajstić information content (AvgIpc) is 3.07. The van der Waals surface area contributed by atoms with Crippen molar-refractivity contribution in [1.29, 1.82) is 0 Å². The predicted molar refractivity (Wildman–Crippen MR) is 104 cm³/mol. The molecule has 28 heavy (non-hydrogen) atoms. The smallest absolute Gasteiger partial charge is 0.248 e. The molecule has 0 bridgehead atoms. The Bertz CT molecular complexity index is 704. The number of morpholine rings is 1. The van der Waals surface area contributed by atoms with Crippen LogP contribution in [0.4, 0.5) is 0 Å². The Morgan fingerprint density at radius 2 is 1.93 bits per heavy atom. The first-order valence-electron chi connectivity index (χ1n) is 10.5. The molecular weight excluding hydrogens is 356 g/mol. The molecule has 6 nitrogen and oxygen atoms in total. The summed E-state index contributed by atoms with van der Waals surface area (Å²) in [5, 5.41) is 0. The zero-order valence-electron chi connectivity index (χ0n) is 16.6. The van der Waals surface area contributed by atoms with Crippen LogP contribution in [0.25, 0.3) is 0 Å². The fourth-order valence-electron chi connectivity index (χ4n) is 4.92. The van der Waals surface area contributed by atoms with Gasteiger partial charge in [-0.05, 0) is 30.7 Å². The lowest BCUT2D eigenvalue weighted by Gasteiger charge is -2.44. The third kappa shape index (κ3) is 3.80. The molecule has 1 saturated carbocycles. The van der Waals surface area contributed by atoms with Crippen molar-refractivity contribution in [3.05, 3.63) is 35.9 Å². The van der Waals surface area contributed by atoms with Crippen LogP contribution in [0.5, 0.6) is 0 Å². The normalized spacial score (nSPS) is 30.6. The Morgan fingerprint density at radius 1 is 1.18 bits per heavy atom. The van der Waals surface area contributed by atoms with Crippen molar-refractivity contribution in [3.8, 4) is 0 Å². The zero-order valence-corrected chi connectivity index (χ0v) is 16.6. The van der Waals surface area contributed by atoms with Crippen LogP contribution in [0.1, 0.15) is 38.2 Å². The number of hydrogen-bond donors (Lipinski definition) is 0. The average molecular weight is 386 g/mol. The fraction of sp³-hybridized carbons (Fsp3) is 0.636. The molecule has 3 aliphatic rings. The number of amides is 2. The lowest BCUT2D eigenvalue weighted by atomic mass is 9.83. The lowest BCUT2D eigenvalue weighted by Crippen LogP contribution is -2.58. The Morgan fingerprint density at radius 3 is 2.64 bits per heavy atom. The van der Waals surface area contributed by atoms with Gasteiger partial charge in [0.2, 0.25) is 11.8 Å². The van der Waals surface area contributed by atoms with E-state index >= 15 is 0 Å². The second kappa shape index (κ2) is 8.21. The van der Waals surface area contributed by atoms with Gasteiger partial charge in [-0.25, -0.2) is 0 Å². The predicted octanol–water partition coefficient (Wildman–Crippen LogP) is 2.22. The van der Waals surface area contributed by atoms with Gasteiger partial charge < -0.3 is 14.4 Å². The molecule has 0 unspecified atom stereocenters. The zero-order chi connectivity index (χ0) is 19.6. The van der Waals surface area contributed by atoms with Crippen LogP contribution >= 0.6 is 0 Å². The summed E-state index contributed by atoms with van der Waals surface area (Å²) in [5.74, 6) is 0.474. The summed E-state index contributed by atoms with van der Waals surface area (Å²) >= 11 is 0. The second-order valence-corrected chi connectivity index (χ2v) is 8.34. The van der Waals surface area contributed by atoms with E-state index in [0.717, 1.165) is 31.2 Å². The monoisotopic (exact) mass is 386 g/mol. The standard InChI is InChI=1S/C22H30N2O4/c1-17-6-5-9-22(15-17)24(20(25)14-18-7-3-2-4-8-18)19(16-28-22)21(26)23-10-12-27-13-11-23/h2-4,7-8,17,19H,5-6,9-16H2,1H3/t17-,19+,22+/m1/s1. The summed E-state index contributed by atoms with van der Waals surface area (Å²) in [7, 11) is 0. The summed E-state index contributed by atoms with van der Waals surface area (Å²) in [5.41, 5.74) is 0.340. The van der Waals surface area contributed by atoms with Gasteiger partial charge in [-0.1, -0.05) is 43.7 Å². The highest BCUT2D eigenvalue weighted by Gasteiger charge is 2.54. The molecule has 2 amide bonds. The minimum absolute atomic E-state index is 0.000173. The maximum atomic E-state index is 13.4. The van der Waals surface area contributed by atoms with Crippen LogP contribution in [0, 0.1) is 5.92 Å². The number of nitrogens with zero attached hydrogens (tertiary/aromatic N) is 2. The van der Waals surface area contributed by atoms with E-state index in [2.05, 4.69) is 6.92 Å². The minimum atomic E-state index is -0.629. The number of benzene rings is 1. The fourth-order valence-corrected chi connectivity index (χ4v) is 4.92. The van der Waals surface area contributed by atoms with Crippen LogP contribution in [-0.4, -0.2) is 66.3 Å².